The number of aromatic nitrogens is 1. The third kappa shape index (κ3) is 2.83. The summed E-state index contributed by atoms with van der Waals surface area (Å²) in [6, 6.07) is 5.88. The van der Waals surface area contributed by atoms with Gasteiger partial charge < -0.3 is 10.2 Å². The van der Waals surface area contributed by atoms with E-state index in [-0.39, 0.29) is 0 Å². The molecule has 0 amide bonds. The Morgan fingerprint density at radius 3 is 2.94 bits per heavy atom. The zero-order valence-corrected chi connectivity index (χ0v) is 10.7. The first-order valence-corrected chi connectivity index (χ1v) is 6.34. The highest BCUT2D eigenvalue weighted by Crippen LogP contribution is 2.21. The average Bonchev–Trinajstić information content (AvgIpc) is 2.66. The molecule has 2 rings (SSSR count). The minimum atomic E-state index is 0.764. The molecule has 0 aliphatic heterocycles. The van der Waals surface area contributed by atoms with E-state index in [0.717, 1.165) is 53.7 Å². The third-order valence-corrected chi connectivity index (χ3v) is 2.98. The van der Waals surface area contributed by atoms with E-state index in [1.54, 1.807) is 0 Å². The van der Waals surface area contributed by atoms with Crippen molar-refractivity contribution in [1.29, 1.82) is 0 Å². The number of hydrogen-bond acceptors (Lipinski definition) is 3. The fourth-order valence-electron chi connectivity index (χ4n) is 1.65. The molecular formula is C12H15BrN2O. The van der Waals surface area contributed by atoms with Crippen molar-refractivity contribution in [2.45, 2.75) is 25.7 Å². The van der Waals surface area contributed by atoms with Gasteiger partial charge in [0.2, 0.25) is 0 Å². The molecule has 1 aromatic heterocycles. The van der Waals surface area contributed by atoms with Crippen LogP contribution in [0.25, 0.3) is 11.1 Å². The third-order valence-electron chi connectivity index (χ3n) is 2.49. The normalized spacial score (nSPS) is 11.1. The molecule has 0 bridgehead atoms. The highest BCUT2D eigenvalue weighted by atomic mass is 79.9. The van der Waals surface area contributed by atoms with Crippen molar-refractivity contribution in [3.63, 3.8) is 0 Å². The lowest BCUT2D eigenvalue weighted by atomic mass is 10.2. The number of nitrogens with zero attached hydrogens (tertiary/aromatic N) is 1. The van der Waals surface area contributed by atoms with E-state index >= 15 is 0 Å². The summed E-state index contributed by atoms with van der Waals surface area (Å²) in [4.78, 5) is 4.44. The zero-order chi connectivity index (χ0) is 11.4. The van der Waals surface area contributed by atoms with Gasteiger partial charge in [0.25, 0.3) is 0 Å². The van der Waals surface area contributed by atoms with Gasteiger partial charge in [-0.15, -0.1) is 0 Å². The Bertz CT molecular complexity index is 467. The van der Waals surface area contributed by atoms with Gasteiger partial charge in [-0.3, -0.25) is 0 Å². The summed E-state index contributed by atoms with van der Waals surface area (Å²) >= 11 is 3.42. The fourth-order valence-corrected chi connectivity index (χ4v) is 2.00. The molecule has 0 radical (unpaired) electrons. The summed E-state index contributed by atoms with van der Waals surface area (Å²) in [5, 5.41) is 0. The fraction of sp³-hybridized carbons (Fsp3) is 0.417. The van der Waals surface area contributed by atoms with Crippen molar-refractivity contribution < 1.29 is 4.42 Å². The predicted molar refractivity (Wildman–Crippen MR) is 68.3 cm³/mol. The number of oxazole rings is 1. The molecule has 4 heteroatoms. The van der Waals surface area contributed by atoms with Crippen molar-refractivity contribution >= 4 is 27.0 Å². The average molecular weight is 283 g/mol. The first-order chi connectivity index (χ1) is 7.79. The van der Waals surface area contributed by atoms with Crippen molar-refractivity contribution in [2.24, 2.45) is 5.73 Å². The van der Waals surface area contributed by atoms with Crippen LogP contribution in [0, 0.1) is 0 Å². The number of aryl methyl sites for hydroxylation is 1. The Hall–Kier alpha value is -0.870. The molecule has 0 unspecified atom stereocenters. The van der Waals surface area contributed by atoms with E-state index in [0.29, 0.717) is 0 Å². The molecule has 0 atom stereocenters. The quantitative estimate of drug-likeness (QED) is 0.857. The Morgan fingerprint density at radius 1 is 1.25 bits per heavy atom. The lowest BCUT2D eigenvalue weighted by Crippen LogP contribution is -1.98. The van der Waals surface area contributed by atoms with Crippen LogP contribution >= 0.6 is 15.9 Å². The summed E-state index contributed by atoms with van der Waals surface area (Å²) in [6.07, 6.45) is 4.20. The van der Waals surface area contributed by atoms with E-state index in [1.165, 1.54) is 0 Å². The maximum atomic E-state index is 5.64. The molecule has 16 heavy (non-hydrogen) atoms. The van der Waals surface area contributed by atoms with Gasteiger partial charge in [-0.25, -0.2) is 4.98 Å². The molecule has 86 valence electrons. The Labute approximate surface area is 103 Å². The molecule has 2 N–H and O–H groups in total. The summed E-state index contributed by atoms with van der Waals surface area (Å²) in [5.74, 6) is 0.824. The van der Waals surface area contributed by atoms with Crippen LogP contribution in [-0.2, 0) is 6.42 Å². The zero-order valence-electron chi connectivity index (χ0n) is 9.08. The summed E-state index contributed by atoms with van der Waals surface area (Å²) in [6.45, 7) is 0.764. The summed E-state index contributed by atoms with van der Waals surface area (Å²) in [5.41, 5.74) is 7.22. The highest BCUT2D eigenvalue weighted by Gasteiger charge is 2.05. The Balaban J connectivity index is 2.02. The number of fused-ring (bicyclic) bond motifs is 1. The van der Waals surface area contributed by atoms with Gasteiger partial charge in [0.15, 0.2) is 11.5 Å². The summed E-state index contributed by atoms with van der Waals surface area (Å²) < 4.78 is 6.67. The van der Waals surface area contributed by atoms with Crippen LogP contribution in [0.5, 0.6) is 0 Å². The van der Waals surface area contributed by atoms with Gasteiger partial charge >= 0.3 is 0 Å². The lowest BCUT2D eigenvalue weighted by Gasteiger charge is -1.94. The van der Waals surface area contributed by atoms with Crippen LogP contribution < -0.4 is 5.73 Å². The van der Waals surface area contributed by atoms with Gasteiger partial charge in [0, 0.05) is 10.9 Å². The first kappa shape index (κ1) is 11.6. The van der Waals surface area contributed by atoms with Gasteiger partial charge in [0.05, 0.1) is 0 Å². The molecule has 3 nitrogen and oxygen atoms in total. The van der Waals surface area contributed by atoms with Crippen LogP contribution in [0.15, 0.2) is 27.1 Å². The molecular weight excluding hydrogens is 268 g/mol. The second-order valence-electron chi connectivity index (χ2n) is 3.82. The monoisotopic (exact) mass is 282 g/mol. The molecule has 0 fully saturated rings. The SMILES string of the molecule is NCCCCCc1nc2cc(Br)ccc2o1. The van der Waals surface area contributed by atoms with Crippen LogP contribution in [-0.4, -0.2) is 11.5 Å². The standard InChI is InChI=1S/C12H15BrN2O/c13-9-5-6-11-10(8-9)15-12(16-11)4-2-1-3-7-14/h5-6,8H,1-4,7,14H2. The van der Waals surface area contributed by atoms with Crippen molar-refractivity contribution in [3.8, 4) is 0 Å². The number of nitrogens with two attached hydrogens (primary N) is 1. The summed E-state index contributed by atoms with van der Waals surface area (Å²) in [7, 11) is 0. The van der Waals surface area contributed by atoms with Crippen LogP contribution in [0.1, 0.15) is 25.2 Å². The molecule has 0 saturated heterocycles. The van der Waals surface area contributed by atoms with Gasteiger partial charge in [-0.2, -0.15) is 0 Å². The van der Waals surface area contributed by atoms with Crippen LogP contribution in [0.2, 0.25) is 0 Å². The number of benzene rings is 1. The number of hydrogen-bond donors (Lipinski definition) is 1. The maximum Gasteiger partial charge on any atom is 0.195 e. The second kappa shape index (κ2) is 5.46. The smallest absolute Gasteiger partial charge is 0.195 e. The topological polar surface area (TPSA) is 52.0 Å². The molecule has 0 spiro atoms. The van der Waals surface area contributed by atoms with E-state index in [1.807, 2.05) is 18.2 Å². The van der Waals surface area contributed by atoms with E-state index < -0.39 is 0 Å². The van der Waals surface area contributed by atoms with E-state index in [4.69, 9.17) is 10.2 Å². The minimum Gasteiger partial charge on any atom is -0.441 e. The molecule has 1 aromatic carbocycles. The van der Waals surface area contributed by atoms with Gasteiger partial charge in [-0.1, -0.05) is 22.4 Å². The lowest BCUT2D eigenvalue weighted by molar-refractivity contribution is 0.511. The Morgan fingerprint density at radius 2 is 2.12 bits per heavy atom. The molecule has 0 aliphatic rings. The van der Waals surface area contributed by atoms with E-state index in [2.05, 4.69) is 20.9 Å². The number of halogens is 1. The highest BCUT2D eigenvalue weighted by molar-refractivity contribution is 9.10. The molecule has 2 aromatic rings. The number of rotatable bonds is 5. The second-order valence-corrected chi connectivity index (χ2v) is 4.73. The predicted octanol–water partition coefficient (Wildman–Crippen LogP) is 3.26. The van der Waals surface area contributed by atoms with Gasteiger partial charge in [0.1, 0.15) is 5.52 Å². The first-order valence-electron chi connectivity index (χ1n) is 5.54. The molecule has 0 aliphatic carbocycles. The number of unbranched alkanes of at least 4 members (excludes halogenated alkanes) is 2. The maximum absolute atomic E-state index is 5.64. The van der Waals surface area contributed by atoms with Crippen molar-refractivity contribution in [2.75, 3.05) is 6.54 Å². The van der Waals surface area contributed by atoms with Crippen LogP contribution in [0.3, 0.4) is 0 Å². The largest absolute Gasteiger partial charge is 0.441 e. The molecule has 0 saturated carbocycles. The van der Waals surface area contributed by atoms with Gasteiger partial charge in [-0.05, 0) is 37.6 Å². The Kier molecular flexibility index (Phi) is 3.96. The minimum absolute atomic E-state index is 0.764. The molecule has 1 heterocycles. The van der Waals surface area contributed by atoms with Crippen molar-refractivity contribution in [3.05, 3.63) is 28.6 Å². The van der Waals surface area contributed by atoms with Crippen molar-refractivity contribution in [1.82, 2.24) is 4.98 Å². The van der Waals surface area contributed by atoms with E-state index in [9.17, 15) is 0 Å². The van der Waals surface area contributed by atoms with Crippen LogP contribution in [0.4, 0.5) is 0 Å².